The fourth-order valence-electron chi connectivity index (χ4n) is 3.79. The van der Waals surface area contributed by atoms with Crippen molar-refractivity contribution in [2.24, 2.45) is 5.92 Å². The lowest BCUT2D eigenvalue weighted by Crippen LogP contribution is -2.44. The summed E-state index contributed by atoms with van der Waals surface area (Å²) in [5.74, 6) is 1.01. The van der Waals surface area contributed by atoms with Crippen LogP contribution in [0.4, 0.5) is 0 Å². The first-order chi connectivity index (χ1) is 11.3. The number of rotatable bonds is 7. The van der Waals surface area contributed by atoms with E-state index in [0.717, 1.165) is 31.8 Å². The summed E-state index contributed by atoms with van der Waals surface area (Å²) in [6, 6.07) is 11.0. The van der Waals surface area contributed by atoms with Gasteiger partial charge in [0.05, 0.1) is 6.54 Å². The van der Waals surface area contributed by atoms with E-state index in [4.69, 9.17) is 0 Å². The number of carbonyl (C=O) groups is 1. The van der Waals surface area contributed by atoms with E-state index in [9.17, 15) is 4.79 Å². The Hall–Kier alpha value is -1.35. The molecule has 0 spiro atoms. The Balaban J connectivity index is 1.52. The van der Waals surface area contributed by atoms with Gasteiger partial charge in [0.15, 0.2) is 0 Å². The van der Waals surface area contributed by atoms with Crippen molar-refractivity contribution in [3.63, 3.8) is 0 Å². The maximum absolute atomic E-state index is 12.4. The van der Waals surface area contributed by atoms with Crippen LogP contribution in [-0.4, -0.2) is 29.9 Å². The van der Waals surface area contributed by atoms with E-state index in [0.29, 0.717) is 12.6 Å². The van der Waals surface area contributed by atoms with Crippen molar-refractivity contribution in [2.45, 2.75) is 64.0 Å². The van der Waals surface area contributed by atoms with Gasteiger partial charge < -0.3 is 5.32 Å². The summed E-state index contributed by atoms with van der Waals surface area (Å²) in [6.45, 7) is 2.49. The standard InChI is InChI=1S/C20H30N2O/c23-20(21-19-12-5-2-6-13-19)16-22(15-18-10-7-11-18)14-17-8-3-1-4-9-17/h1,3-4,8-9,18-19H,2,5-7,10-16H2,(H,21,23). The molecule has 0 bridgehead atoms. The van der Waals surface area contributed by atoms with E-state index in [1.165, 1.54) is 44.1 Å². The summed E-state index contributed by atoms with van der Waals surface area (Å²) in [5.41, 5.74) is 1.30. The molecule has 23 heavy (non-hydrogen) atoms. The Morgan fingerprint density at radius 3 is 2.39 bits per heavy atom. The lowest BCUT2D eigenvalue weighted by molar-refractivity contribution is -0.123. The lowest BCUT2D eigenvalue weighted by Gasteiger charge is -2.32. The van der Waals surface area contributed by atoms with Crippen LogP contribution in [0.25, 0.3) is 0 Å². The van der Waals surface area contributed by atoms with Crippen molar-refractivity contribution in [2.75, 3.05) is 13.1 Å². The highest BCUT2D eigenvalue weighted by molar-refractivity contribution is 5.78. The molecule has 2 saturated carbocycles. The maximum atomic E-state index is 12.4. The van der Waals surface area contributed by atoms with Crippen LogP contribution in [0.1, 0.15) is 56.9 Å². The Morgan fingerprint density at radius 2 is 1.74 bits per heavy atom. The molecule has 2 aliphatic carbocycles. The zero-order valence-electron chi connectivity index (χ0n) is 14.2. The summed E-state index contributed by atoms with van der Waals surface area (Å²) in [5, 5.41) is 3.26. The number of carbonyl (C=O) groups excluding carboxylic acids is 1. The zero-order valence-corrected chi connectivity index (χ0v) is 14.2. The van der Waals surface area contributed by atoms with Crippen molar-refractivity contribution in [1.29, 1.82) is 0 Å². The summed E-state index contributed by atoms with van der Waals surface area (Å²) in [6.07, 6.45) is 10.2. The molecule has 0 atom stereocenters. The van der Waals surface area contributed by atoms with Crippen LogP contribution in [0.2, 0.25) is 0 Å². The number of hydrogen-bond donors (Lipinski definition) is 1. The highest BCUT2D eigenvalue weighted by Gasteiger charge is 2.23. The second kappa shape index (κ2) is 8.49. The monoisotopic (exact) mass is 314 g/mol. The molecule has 0 radical (unpaired) electrons. The number of amides is 1. The highest BCUT2D eigenvalue weighted by Crippen LogP contribution is 2.27. The molecule has 2 fully saturated rings. The van der Waals surface area contributed by atoms with Crippen LogP contribution in [0.5, 0.6) is 0 Å². The number of nitrogens with one attached hydrogen (secondary N) is 1. The summed E-state index contributed by atoms with van der Waals surface area (Å²) in [7, 11) is 0. The quantitative estimate of drug-likeness (QED) is 0.831. The average Bonchev–Trinajstić information content (AvgIpc) is 2.52. The van der Waals surface area contributed by atoms with E-state index < -0.39 is 0 Å². The van der Waals surface area contributed by atoms with E-state index in [2.05, 4.69) is 40.5 Å². The van der Waals surface area contributed by atoms with E-state index in [1.54, 1.807) is 0 Å². The average molecular weight is 314 g/mol. The molecule has 2 aliphatic rings. The predicted octanol–water partition coefficient (Wildman–Crippen LogP) is 3.74. The molecule has 1 aromatic carbocycles. The number of nitrogens with zero attached hydrogens (tertiary/aromatic N) is 1. The Bertz CT molecular complexity index is 478. The van der Waals surface area contributed by atoms with Crippen molar-refractivity contribution in [1.82, 2.24) is 10.2 Å². The Labute approximate surface area is 140 Å². The molecule has 0 unspecified atom stereocenters. The lowest BCUT2D eigenvalue weighted by atomic mass is 9.85. The second-order valence-electron chi connectivity index (χ2n) is 7.35. The second-order valence-corrected chi connectivity index (χ2v) is 7.35. The van der Waals surface area contributed by atoms with Crippen molar-refractivity contribution in [3.05, 3.63) is 35.9 Å². The molecule has 0 heterocycles. The minimum Gasteiger partial charge on any atom is -0.352 e. The fourth-order valence-corrected chi connectivity index (χ4v) is 3.79. The molecule has 126 valence electrons. The van der Waals surface area contributed by atoms with Crippen LogP contribution >= 0.6 is 0 Å². The smallest absolute Gasteiger partial charge is 0.234 e. The third-order valence-electron chi connectivity index (χ3n) is 5.33. The predicted molar refractivity (Wildman–Crippen MR) is 94.1 cm³/mol. The van der Waals surface area contributed by atoms with Crippen LogP contribution in [0.3, 0.4) is 0 Å². The van der Waals surface area contributed by atoms with E-state index in [1.807, 2.05) is 0 Å². The van der Waals surface area contributed by atoms with Gasteiger partial charge in [-0.1, -0.05) is 56.0 Å². The first kappa shape index (κ1) is 16.5. The van der Waals surface area contributed by atoms with Crippen LogP contribution < -0.4 is 5.32 Å². The summed E-state index contributed by atoms with van der Waals surface area (Å²) in [4.78, 5) is 14.8. The molecule has 0 saturated heterocycles. The summed E-state index contributed by atoms with van der Waals surface area (Å²) < 4.78 is 0. The van der Waals surface area contributed by atoms with Gasteiger partial charge in [-0.15, -0.1) is 0 Å². The largest absolute Gasteiger partial charge is 0.352 e. The highest BCUT2D eigenvalue weighted by atomic mass is 16.2. The van der Waals surface area contributed by atoms with Crippen molar-refractivity contribution < 1.29 is 4.79 Å². The van der Waals surface area contributed by atoms with Gasteiger partial charge in [-0.2, -0.15) is 0 Å². The minimum atomic E-state index is 0.215. The summed E-state index contributed by atoms with van der Waals surface area (Å²) >= 11 is 0. The molecule has 3 rings (SSSR count). The molecule has 1 aromatic rings. The Kier molecular flexibility index (Phi) is 6.09. The van der Waals surface area contributed by atoms with E-state index >= 15 is 0 Å². The number of benzene rings is 1. The fraction of sp³-hybridized carbons (Fsp3) is 0.650. The molecular weight excluding hydrogens is 284 g/mol. The van der Waals surface area contributed by atoms with Gasteiger partial charge in [0, 0.05) is 19.1 Å². The zero-order chi connectivity index (χ0) is 15.9. The van der Waals surface area contributed by atoms with Gasteiger partial charge in [0.1, 0.15) is 0 Å². The topological polar surface area (TPSA) is 32.3 Å². The van der Waals surface area contributed by atoms with Gasteiger partial charge in [0.2, 0.25) is 5.91 Å². The first-order valence-electron chi connectivity index (χ1n) is 9.35. The van der Waals surface area contributed by atoms with Gasteiger partial charge in [0.25, 0.3) is 0 Å². The number of hydrogen-bond acceptors (Lipinski definition) is 2. The van der Waals surface area contributed by atoms with Gasteiger partial charge in [-0.25, -0.2) is 0 Å². The van der Waals surface area contributed by atoms with Gasteiger partial charge in [-0.3, -0.25) is 9.69 Å². The first-order valence-corrected chi connectivity index (χ1v) is 9.35. The molecule has 3 nitrogen and oxygen atoms in total. The molecule has 0 aliphatic heterocycles. The third-order valence-corrected chi connectivity index (χ3v) is 5.33. The van der Waals surface area contributed by atoms with Crippen LogP contribution in [0.15, 0.2) is 30.3 Å². The van der Waals surface area contributed by atoms with Crippen molar-refractivity contribution >= 4 is 5.91 Å². The molecule has 1 N–H and O–H groups in total. The molecular formula is C20H30N2O. The normalized spacial score (nSPS) is 19.5. The van der Waals surface area contributed by atoms with Crippen LogP contribution in [0, 0.1) is 5.92 Å². The molecule has 1 amide bonds. The van der Waals surface area contributed by atoms with E-state index in [-0.39, 0.29) is 5.91 Å². The van der Waals surface area contributed by atoms with Gasteiger partial charge in [-0.05, 0) is 37.2 Å². The van der Waals surface area contributed by atoms with Crippen LogP contribution in [-0.2, 0) is 11.3 Å². The maximum Gasteiger partial charge on any atom is 0.234 e. The Morgan fingerprint density at radius 1 is 1.00 bits per heavy atom. The van der Waals surface area contributed by atoms with Crippen molar-refractivity contribution in [3.8, 4) is 0 Å². The minimum absolute atomic E-state index is 0.215. The van der Waals surface area contributed by atoms with Gasteiger partial charge >= 0.3 is 0 Å². The third kappa shape index (κ3) is 5.35. The SMILES string of the molecule is O=C(CN(Cc1ccccc1)CC1CCC1)NC1CCCCC1. The molecule has 0 aromatic heterocycles. The molecule has 3 heteroatoms.